The van der Waals surface area contributed by atoms with Gasteiger partial charge in [-0.25, -0.2) is 4.79 Å². The molecule has 0 spiro atoms. The fraction of sp³-hybridized carbons (Fsp3) is 0.615. The molecule has 49 heavy (non-hydrogen) atoms. The highest BCUT2D eigenvalue weighted by Crippen LogP contribution is 2.33. The number of alkyl carbamates (subject to hydrolysis) is 1. The van der Waals surface area contributed by atoms with Crippen LogP contribution < -0.4 is 20.5 Å². The minimum Gasteiger partial charge on any atom is -0.493 e. The second-order valence-corrected chi connectivity index (χ2v) is 14.3. The molecule has 0 aliphatic rings. The van der Waals surface area contributed by atoms with Gasteiger partial charge < -0.3 is 35.1 Å². The molecule has 0 fully saturated rings. The molecule has 2 aromatic rings. The van der Waals surface area contributed by atoms with Gasteiger partial charge in [0.05, 0.1) is 25.9 Å². The van der Waals surface area contributed by atoms with Crippen LogP contribution in [0.3, 0.4) is 0 Å². The van der Waals surface area contributed by atoms with E-state index in [0.717, 1.165) is 17.5 Å². The molecule has 0 saturated carbocycles. The van der Waals surface area contributed by atoms with Crippen LogP contribution in [0.2, 0.25) is 0 Å². The maximum absolute atomic E-state index is 13.5. The van der Waals surface area contributed by atoms with Gasteiger partial charge in [0.25, 0.3) is 0 Å². The van der Waals surface area contributed by atoms with Crippen LogP contribution >= 0.6 is 0 Å². The molecule has 0 bridgehead atoms. The number of nitrogens with one attached hydrogen (secondary N) is 1. The van der Waals surface area contributed by atoms with E-state index in [-0.39, 0.29) is 43.0 Å². The largest absolute Gasteiger partial charge is 0.493 e. The number of benzene rings is 2. The average Bonchev–Trinajstić information content (AvgIpc) is 3.06. The van der Waals surface area contributed by atoms with Crippen molar-refractivity contribution in [2.24, 2.45) is 34.8 Å². The first-order chi connectivity index (χ1) is 23.2. The topological polar surface area (TPSA) is 146 Å². The Morgan fingerprint density at radius 3 is 2.18 bits per heavy atom. The van der Waals surface area contributed by atoms with Gasteiger partial charge in [-0.05, 0) is 66.7 Å². The van der Waals surface area contributed by atoms with Crippen LogP contribution in [0.4, 0.5) is 4.79 Å². The molecule has 0 radical (unpaired) electrons. The van der Waals surface area contributed by atoms with Gasteiger partial charge in [-0.3, -0.25) is 9.59 Å². The van der Waals surface area contributed by atoms with Crippen molar-refractivity contribution in [2.45, 2.75) is 98.8 Å². The Labute approximate surface area is 293 Å². The molecule has 2 rings (SSSR count). The Bertz CT molecular complexity index is 1300. The lowest BCUT2D eigenvalue weighted by Gasteiger charge is -2.32. The number of methoxy groups -OCH3 is 2. The monoisotopic (exact) mass is 684 g/mol. The lowest BCUT2D eigenvalue weighted by atomic mass is 9.78. The third-order valence-electron chi connectivity index (χ3n) is 9.33. The predicted molar refractivity (Wildman–Crippen MR) is 191 cm³/mol. The number of aliphatic hydroxyl groups excluding tert-OH is 1. The molecule has 2 amide bonds. The molecule has 10 heteroatoms. The lowest BCUT2D eigenvalue weighted by Crippen LogP contribution is -2.47. The van der Waals surface area contributed by atoms with Crippen molar-refractivity contribution < 1.29 is 38.4 Å². The minimum absolute atomic E-state index is 0.0366. The summed E-state index contributed by atoms with van der Waals surface area (Å²) in [4.78, 5) is 38.5. The van der Waals surface area contributed by atoms with E-state index in [1.165, 1.54) is 0 Å². The van der Waals surface area contributed by atoms with Crippen molar-refractivity contribution >= 4 is 17.8 Å². The smallest absolute Gasteiger partial charge is 0.407 e. The summed E-state index contributed by atoms with van der Waals surface area (Å²) in [5.74, 6) is 0.508. The number of carbonyl (C=O) groups excluding carboxylic acids is 3. The molecule has 0 heterocycles. The van der Waals surface area contributed by atoms with Gasteiger partial charge in [0.2, 0.25) is 5.91 Å². The van der Waals surface area contributed by atoms with Crippen LogP contribution in [0.5, 0.6) is 11.5 Å². The summed E-state index contributed by atoms with van der Waals surface area (Å²) in [7, 11) is 3.26. The summed E-state index contributed by atoms with van der Waals surface area (Å²) < 4.78 is 22.2. The van der Waals surface area contributed by atoms with Crippen LogP contribution in [0.25, 0.3) is 0 Å². The van der Waals surface area contributed by atoms with E-state index in [1.807, 2.05) is 62.4 Å². The summed E-state index contributed by atoms with van der Waals surface area (Å²) in [6, 6.07) is 14.6. The average molecular weight is 685 g/mol. The normalized spacial score (nSPS) is 14.2. The van der Waals surface area contributed by atoms with E-state index in [9.17, 15) is 19.5 Å². The van der Waals surface area contributed by atoms with Gasteiger partial charge in [0.15, 0.2) is 11.5 Å². The van der Waals surface area contributed by atoms with Crippen molar-refractivity contribution in [3.05, 3.63) is 59.7 Å². The number of rotatable bonds is 23. The molecular weight excluding hydrogens is 624 g/mol. The van der Waals surface area contributed by atoms with Gasteiger partial charge >= 0.3 is 6.09 Å². The Balaban J connectivity index is 2.29. The fourth-order valence-electron chi connectivity index (χ4n) is 5.74. The first-order valence-electron chi connectivity index (χ1n) is 17.4. The second-order valence-electron chi connectivity index (χ2n) is 14.3. The van der Waals surface area contributed by atoms with Crippen molar-refractivity contribution in [1.29, 1.82) is 0 Å². The summed E-state index contributed by atoms with van der Waals surface area (Å²) >= 11 is 0. The van der Waals surface area contributed by atoms with Crippen LogP contribution in [0, 0.1) is 29.1 Å². The van der Waals surface area contributed by atoms with Gasteiger partial charge in [-0.2, -0.15) is 0 Å². The molecule has 274 valence electrons. The number of aliphatic hydroxyl groups is 1. The number of carbonyl (C=O) groups is 3. The first-order valence-corrected chi connectivity index (χ1v) is 17.4. The van der Waals surface area contributed by atoms with Gasteiger partial charge in [-0.15, -0.1) is 0 Å². The Kier molecular flexibility index (Phi) is 17.6. The lowest BCUT2D eigenvalue weighted by molar-refractivity contribution is -0.129. The third kappa shape index (κ3) is 14.4. The zero-order valence-electron chi connectivity index (χ0n) is 30.8. The molecule has 0 saturated heterocycles. The van der Waals surface area contributed by atoms with Crippen molar-refractivity contribution in [2.75, 3.05) is 27.4 Å². The summed E-state index contributed by atoms with van der Waals surface area (Å²) in [6.07, 6.45) is 0.840. The van der Waals surface area contributed by atoms with Crippen molar-refractivity contribution in [1.82, 2.24) is 5.32 Å². The van der Waals surface area contributed by atoms with Gasteiger partial charge in [0.1, 0.15) is 12.4 Å². The van der Waals surface area contributed by atoms with Gasteiger partial charge in [-0.1, -0.05) is 77.9 Å². The molecule has 4 atom stereocenters. The third-order valence-corrected chi connectivity index (χ3v) is 9.33. The van der Waals surface area contributed by atoms with E-state index in [4.69, 9.17) is 24.7 Å². The summed E-state index contributed by atoms with van der Waals surface area (Å²) in [5, 5.41) is 14.7. The highest BCUT2D eigenvalue weighted by Gasteiger charge is 2.34. The maximum Gasteiger partial charge on any atom is 0.407 e. The predicted octanol–water partition coefficient (Wildman–Crippen LogP) is 6.49. The van der Waals surface area contributed by atoms with Crippen LogP contribution in [0.15, 0.2) is 48.5 Å². The molecule has 10 nitrogen and oxygen atoms in total. The molecular formula is C39H60N2O8. The number of hydrogen-bond donors (Lipinski definition) is 3. The van der Waals surface area contributed by atoms with Crippen LogP contribution in [0.1, 0.15) is 84.8 Å². The number of primary amides is 1. The Morgan fingerprint density at radius 2 is 1.59 bits per heavy atom. The first kappa shape index (κ1) is 41.5. The van der Waals surface area contributed by atoms with E-state index < -0.39 is 35.5 Å². The van der Waals surface area contributed by atoms with Crippen LogP contribution in [-0.2, 0) is 32.1 Å². The van der Waals surface area contributed by atoms with E-state index in [1.54, 1.807) is 28.1 Å². The molecule has 0 aliphatic heterocycles. The zero-order valence-corrected chi connectivity index (χ0v) is 30.8. The number of Topliss-reactive ketones (excluding diaryl/α,β-unsaturated/α-hetero) is 1. The molecule has 0 aromatic heterocycles. The highest BCUT2D eigenvalue weighted by atomic mass is 16.5. The molecule has 4 N–H and O–H groups in total. The Hall–Kier alpha value is -3.63. The molecule has 0 aliphatic carbocycles. The van der Waals surface area contributed by atoms with Crippen molar-refractivity contribution in [3.63, 3.8) is 0 Å². The highest BCUT2D eigenvalue weighted by molar-refractivity contribution is 5.84. The Morgan fingerprint density at radius 1 is 0.898 bits per heavy atom. The molecule has 0 unspecified atom stereocenters. The van der Waals surface area contributed by atoms with Crippen LogP contribution in [-0.4, -0.2) is 62.5 Å². The number of hydrogen-bond acceptors (Lipinski definition) is 8. The summed E-state index contributed by atoms with van der Waals surface area (Å²) in [5.41, 5.74) is 6.61. The number of nitrogens with two attached hydrogens (primary N) is 1. The van der Waals surface area contributed by atoms with E-state index in [0.29, 0.717) is 44.0 Å². The quantitative estimate of drug-likeness (QED) is 0.113. The van der Waals surface area contributed by atoms with Gasteiger partial charge in [0, 0.05) is 37.9 Å². The fourth-order valence-corrected chi connectivity index (χ4v) is 5.74. The SMILES string of the molecule is COCCCOc1cc(C[C@@H](C[C@H](NC(=O)OCc2ccccc2)[C@@H](O)C[C@H](C(=O)CCC(C)(C)C(N)=O)C(C)C)C(C)C)ccc1OC. The summed E-state index contributed by atoms with van der Waals surface area (Å²) in [6.45, 7) is 12.8. The minimum atomic E-state index is -1.03. The number of ether oxygens (including phenoxy) is 4. The van der Waals surface area contributed by atoms with E-state index >= 15 is 0 Å². The maximum atomic E-state index is 13.5. The van der Waals surface area contributed by atoms with Crippen molar-refractivity contribution in [3.8, 4) is 11.5 Å². The second kappa shape index (κ2) is 20.8. The molecule has 2 aromatic carbocycles. The standard InChI is InChI=1S/C39H60N2O8/c1-26(2)30(21-29-15-16-35(47-8)36(22-29)48-20-12-19-46-7)23-32(41-38(45)49-25-28-13-10-9-11-14-28)34(43)24-31(27(3)4)33(42)17-18-39(5,6)37(40)44/h9-11,13-16,22,26-27,30-32,34,43H,12,17-21,23-25H2,1-8H3,(H2,40,44)(H,41,45)/t30-,31-,32-,34-/m0/s1. The number of ketones is 1. The zero-order chi connectivity index (χ0) is 36.6. The number of amides is 2. The van der Waals surface area contributed by atoms with E-state index in [2.05, 4.69) is 19.2 Å².